The van der Waals surface area contributed by atoms with Crippen LogP contribution in [0.4, 0.5) is 10.1 Å². The van der Waals surface area contributed by atoms with E-state index in [2.05, 4.69) is 10.2 Å². The van der Waals surface area contributed by atoms with Gasteiger partial charge in [0.2, 0.25) is 0 Å². The van der Waals surface area contributed by atoms with Crippen molar-refractivity contribution in [1.29, 1.82) is 0 Å². The molecule has 2 aromatic rings. The smallest absolute Gasteiger partial charge is 0.272 e. The van der Waals surface area contributed by atoms with Gasteiger partial charge in [0, 0.05) is 12.6 Å². The maximum atomic E-state index is 14.0. The molecule has 8 heteroatoms. The SMILES string of the molecule is CCCn1c(CCl)nnc1-c1ccc([N+](=O)[O-])cc1F. The first-order chi connectivity index (χ1) is 9.58. The number of nitro groups is 1. The van der Waals surface area contributed by atoms with E-state index in [9.17, 15) is 14.5 Å². The molecule has 0 saturated heterocycles. The molecular weight excluding hydrogens is 287 g/mol. The van der Waals surface area contributed by atoms with Gasteiger partial charge < -0.3 is 4.57 Å². The molecule has 0 atom stereocenters. The number of aromatic nitrogens is 3. The molecule has 1 heterocycles. The molecule has 0 radical (unpaired) electrons. The summed E-state index contributed by atoms with van der Waals surface area (Å²) in [4.78, 5) is 9.96. The van der Waals surface area contributed by atoms with E-state index in [1.54, 1.807) is 4.57 Å². The second-order valence-electron chi connectivity index (χ2n) is 4.15. The second kappa shape index (κ2) is 5.96. The van der Waals surface area contributed by atoms with Crippen LogP contribution in [0.5, 0.6) is 0 Å². The Morgan fingerprint density at radius 1 is 1.45 bits per heavy atom. The first-order valence-corrected chi connectivity index (χ1v) is 6.54. The fourth-order valence-electron chi connectivity index (χ4n) is 1.89. The van der Waals surface area contributed by atoms with Crippen LogP contribution >= 0.6 is 11.6 Å². The molecular formula is C12H12ClFN4O2. The number of nitro benzene ring substituents is 1. The maximum absolute atomic E-state index is 14.0. The number of non-ortho nitro benzene ring substituents is 1. The van der Waals surface area contributed by atoms with Gasteiger partial charge in [-0.1, -0.05) is 6.92 Å². The number of halogens is 2. The highest BCUT2D eigenvalue weighted by molar-refractivity contribution is 6.16. The standard InChI is InChI=1S/C12H12ClFN4O2/c1-2-5-17-11(7-13)15-16-12(17)9-4-3-8(18(19)20)6-10(9)14/h3-4,6H,2,5,7H2,1H3. The highest BCUT2D eigenvalue weighted by Crippen LogP contribution is 2.26. The molecule has 1 aromatic carbocycles. The third kappa shape index (κ3) is 2.62. The Bertz CT molecular complexity index is 644. The third-order valence-electron chi connectivity index (χ3n) is 2.80. The number of hydrogen-bond acceptors (Lipinski definition) is 4. The van der Waals surface area contributed by atoms with Crippen molar-refractivity contribution in [3.63, 3.8) is 0 Å². The summed E-state index contributed by atoms with van der Waals surface area (Å²) in [7, 11) is 0. The third-order valence-corrected chi connectivity index (χ3v) is 3.04. The molecule has 0 amide bonds. The lowest BCUT2D eigenvalue weighted by Gasteiger charge is -2.08. The van der Waals surface area contributed by atoms with Gasteiger partial charge in [-0.2, -0.15) is 0 Å². The predicted molar refractivity (Wildman–Crippen MR) is 71.9 cm³/mol. The van der Waals surface area contributed by atoms with Crippen molar-refractivity contribution in [2.45, 2.75) is 25.8 Å². The highest BCUT2D eigenvalue weighted by Gasteiger charge is 2.18. The Morgan fingerprint density at radius 3 is 2.75 bits per heavy atom. The van der Waals surface area contributed by atoms with Gasteiger partial charge in [-0.05, 0) is 12.5 Å². The van der Waals surface area contributed by atoms with Gasteiger partial charge in [-0.25, -0.2) is 4.39 Å². The van der Waals surface area contributed by atoms with E-state index in [4.69, 9.17) is 11.6 Å². The summed E-state index contributed by atoms with van der Waals surface area (Å²) in [5, 5.41) is 18.4. The number of rotatable bonds is 5. The summed E-state index contributed by atoms with van der Waals surface area (Å²) < 4.78 is 15.7. The monoisotopic (exact) mass is 298 g/mol. The minimum Gasteiger partial charge on any atom is -0.310 e. The summed E-state index contributed by atoms with van der Waals surface area (Å²) in [6.45, 7) is 2.56. The molecule has 0 fully saturated rings. The van der Waals surface area contributed by atoms with Crippen molar-refractivity contribution in [1.82, 2.24) is 14.8 Å². The van der Waals surface area contributed by atoms with E-state index in [-0.39, 0.29) is 17.1 Å². The van der Waals surface area contributed by atoms with E-state index in [0.29, 0.717) is 18.2 Å². The molecule has 0 aliphatic carbocycles. The number of alkyl halides is 1. The number of hydrogen-bond donors (Lipinski definition) is 0. The van der Waals surface area contributed by atoms with Crippen molar-refractivity contribution >= 4 is 17.3 Å². The van der Waals surface area contributed by atoms with Gasteiger partial charge in [-0.15, -0.1) is 21.8 Å². The topological polar surface area (TPSA) is 73.8 Å². The fourth-order valence-corrected chi connectivity index (χ4v) is 2.09. The van der Waals surface area contributed by atoms with E-state index >= 15 is 0 Å². The van der Waals surface area contributed by atoms with Crippen LogP contribution < -0.4 is 0 Å². The summed E-state index contributed by atoms with van der Waals surface area (Å²) in [5.41, 5.74) is -0.127. The van der Waals surface area contributed by atoms with Gasteiger partial charge in [0.05, 0.1) is 22.4 Å². The minimum atomic E-state index is -0.704. The van der Waals surface area contributed by atoms with Crippen LogP contribution in [0.2, 0.25) is 0 Å². The summed E-state index contributed by atoms with van der Waals surface area (Å²) in [6.07, 6.45) is 0.809. The molecule has 0 aliphatic heterocycles. The Labute approximate surface area is 119 Å². The maximum Gasteiger partial charge on any atom is 0.272 e. The van der Waals surface area contributed by atoms with E-state index in [1.165, 1.54) is 12.1 Å². The Hall–Kier alpha value is -2.02. The molecule has 0 unspecified atom stereocenters. The zero-order valence-electron chi connectivity index (χ0n) is 10.7. The lowest BCUT2D eigenvalue weighted by molar-refractivity contribution is -0.385. The highest BCUT2D eigenvalue weighted by atomic mass is 35.5. The van der Waals surface area contributed by atoms with Crippen LogP contribution in [0.3, 0.4) is 0 Å². The summed E-state index contributed by atoms with van der Waals surface area (Å²) in [5.74, 6) is 0.336. The first kappa shape index (κ1) is 14.4. The molecule has 1 aromatic heterocycles. The lowest BCUT2D eigenvalue weighted by atomic mass is 10.1. The predicted octanol–water partition coefficient (Wildman–Crippen LogP) is 3.14. The normalized spacial score (nSPS) is 10.8. The molecule has 6 nitrogen and oxygen atoms in total. The molecule has 106 valence electrons. The van der Waals surface area contributed by atoms with Crippen molar-refractivity contribution in [3.8, 4) is 11.4 Å². The van der Waals surface area contributed by atoms with Crippen molar-refractivity contribution in [2.24, 2.45) is 0 Å². The van der Waals surface area contributed by atoms with Crippen LogP contribution in [-0.2, 0) is 12.4 Å². The van der Waals surface area contributed by atoms with Gasteiger partial charge in [-0.3, -0.25) is 10.1 Å². The van der Waals surface area contributed by atoms with Crippen LogP contribution in [0.15, 0.2) is 18.2 Å². The zero-order chi connectivity index (χ0) is 14.7. The second-order valence-corrected chi connectivity index (χ2v) is 4.41. The molecule has 0 saturated carbocycles. The summed E-state index contributed by atoms with van der Waals surface area (Å²) >= 11 is 5.77. The fraction of sp³-hybridized carbons (Fsp3) is 0.333. The van der Waals surface area contributed by atoms with E-state index < -0.39 is 10.7 Å². The average molecular weight is 299 g/mol. The minimum absolute atomic E-state index is 0.168. The van der Waals surface area contributed by atoms with Gasteiger partial charge >= 0.3 is 0 Å². The van der Waals surface area contributed by atoms with Crippen LogP contribution in [0.25, 0.3) is 11.4 Å². The zero-order valence-corrected chi connectivity index (χ0v) is 11.5. The lowest BCUT2D eigenvalue weighted by Crippen LogP contribution is -2.05. The summed E-state index contributed by atoms with van der Waals surface area (Å²) in [6, 6.07) is 3.45. The van der Waals surface area contributed by atoms with Crippen molar-refractivity contribution in [2.75, 3.05) is 0 Å². The van der Waals surface area contributed by atoms with Crippen molar-refractivity contribution < 1.29 is 9.31 Å². The number of nitrogens with zero attached hydrogens (tertiary/aromatic N) is 4. The van der Waals surface area contributed by atoms with Gasteiger partial charge in [0.25, 0.3) is 5.69 Å². The average Bonchev–Trinajstić information content (AvgIpc) is 2.82. The van der Waals surface area contributed by atoms with Gasteiger partial charge in [0.1, 0.15) is 11.6 Å². The Kier molecular flexibility index (Phi) is 4.29. The Balaban J connectivity index is 2.51. The van der Waals surface area contributed by atoms with Gasteiger partial charge in [0.15, 0.2) is 5.82 Å². The van der Waals surface area contributed by atoms with Crippen molar-refractivity contribution in [3.05, 3.63) is 40.0 Å². The largest absolute Gasteiger partial charge is 0.310 e. The van der Waals surface area contributed by atoms with E-state index in [0.717, 1.165) is 12.5 Å². The molecule has 0 aliphatic rings. The molecule has 2 rings (SSSR count). The molecule has 0 N–H and O–H groups in total. The van der Waals surface area contributed by atoms with Crippen LogP contribution in [0.1, 0.15) is 19.2 Å². The van der Waals surface area contributed by atoms with E-state index in [1.807, 2.05) is 6.92 Å². The molecule has 0 spiro atoms. The molecule has 20 heavy (non-hydrogen) atoms. The quantitative estimate of drug-likeness (QED) is 0.483. The first-order valence-electron chi connectivity index (χ1n) is 6.00. The molecule has 0 bridgehead atoms. The van der Waals surface area contributed by atoms with Crippen LogP contribution in [0, 0.1) is 15.9 Å². The Morgan fingerprint density at radius 2 is 2.20 bits per heavy atom. The number of benzene rings is 1. The van der Waals surface area contributed by atoms with Crippen LogP contribution in [-0.4, -0.2) is 19.7 Å².